The fourth-order valence-electron chi connectivity index (χ4n) is 4.05. The number of benzene rings is 3. The monoisotopic (exact) mass is 522 g/mol. The molecule has 5 rings (SSSR count). The van der Waals surface area contributed by atoms with Crippen LogP contribution in [0.4, 0.5) is 29.3 Å². The predicted octanol–water partition coefficient (Wildman–Crippen LogP) is 5.49. The summed E-state index contributed by atoms with van der Waals surface area (Å²) in [5, 5.41) is 8.48. The molecule has 4 aromatic rings. The normalized spacial score (nSPS) is 14.3. The molecule has 38 heavy (non-hydrogen) atoms. The highest BCUT2D eigenvalue weighted by atomic mass is 19.4. The van der Waals surface area contributed by atoms with Gasteiger partial charge in [-0.3, -0.25) is 9.88 Å². The third kappa shape index (κ3) is 6.55. The molecule has 8 nitrogen and oxygen atoms in total. The Hall–Kier alpha value is -4.22. The second-order valence-electron chi connectivity index (χ2n) is 8.82. The van der Waals surface area contributed by atoms with E-state index in [1.807, 2.05) is 24.4 Å². The Labute approximate surface area is 216 Å². The van der Waals surface area contributed by atoms with Gasteiger partial charge in [-0.25, -0.2) is 9.78 Å². The van der Waals surface area contributed by atoms with Gasteiger partial charge in [0.05, 0.1) is 28.5 Å². The Morgan fingerprint density at radius 1 is 0.895 bits per heavy atom. The van der Waals surface area contributed by atoms with E-state index in [1.54, 1.807) is 24.3 Å². The Bertz CT molecular complexity index is 1410. The van der Waals surface area contributed by atoms with E-state index in [0.717, 1.165) is 61.6 Å². The number of halogens is 3. The first-order valence-corrected chi connectivity index (χ1v) is 12.0. The highest BCUT2D eigenvalue weighted by Crippen LogP contribution is 2.30. The lowest BCUT2D eigenvalue weighted by Crippen LogP contribution is -2.43. The van der Waals surface area contributed by atoms with Gasteiger partial charge in [0.1, 0.15) is 11.5 Å². The van der Waals surface area contributed by atoms with Crippen LogP contribution < -0.4 is 20.7 Å². The highest BCUT2D eigenvalue weighted by Gasteiger charge is 2.30. The molecule has 1 aliphatic heterocycles. The van der Waals surface area contributed by atoms with Crippen molar-refractivity contribution in [3.05, 3.63) is 84.2 Å². The van der Waals surface area contributed by atoms with Crippen LogP contribution in [0.2, 0.25) is 0 Å². The first-order valence-electron chi connectivity index (χ1n) is 12.0. The summed E-state index contributed by atoms with van der Waals surface area (Å²) in [5.74, 6) is 1.16. The zero-order valence-corrected chi connectivity index (χ0v) is 20.3. The third-order valence-electron chi connectivity index (χ3n) is 5.98. The van der Waals surface area contributed by atoms with Gasteiger partial charge in [-0.2, -0.15) is 13.2 Å². The Morgan fingerprint density at radius 3 is 2.18 bits per heavy atom. The van der Waals surface area contributed by atoms with Crippen LogP contribution in [0.5, 0.6) is 11.5 Å². The van der Waals surface area contributed by atoms with Crippen LogP contribution >= 0.6 is 0 Å². The average molecular weight is 523 g/mol. The summed E-state index contributed by atoms with van der Waals surface area (Å²) in [6.07, 6.45) is -2.62. The molecule has 0 bridgehead atoms. The number of carbonyl (C=O) groups excluding carboxylic acids is 1. The number of amides is 2. The lowest BCUT2D eigenvalue weighted by Gasteiger charge is -2.26. The van der Waals surface area contributed by atoms with Crippen molar-refractivity contribution < 1.29 is 22.7 Å². The van der Waals surface area contributed by atoms with Gasteiger partial charge >= 0.3 is 12.2 Å². The smallest absolute Gasteiger partial charge is 0.416 e. The van der Waals surface area contributed by atoms with Crippen molar-refractivity contribution in [2.24, 2.45) is 0 Å². The van der Waals surface area contributed by atoms with Gasteiger partial charge in [-0.1, -0.05) is 0 Å². The van der Waals surface area contributed by atoms with Gasteiger partial charge < -0.3 is 20.7 Å². The number of piperazine rings is 1. The molecular formula is C27H25F3N6O2. The summed E-state index contributed by atoms with van der Waals surface area (Å²) in [5.41, 5.74) is 2.37. The maximum absolute atomic E-state index is 12.7. The summed E-state index contributed by atoms with van der Waals surface area (Å²) in [4.78, 5) is 23.8. The Kier molecular flexibility index (Phi) is 7.38. The van der Waals surface area contributed by atoms with Gasteiger partial charge in [-0.05, 0) is 60.7 Å². The van der Waals surface area contributed by atoms with E-state index >= 15 is 0 Å². The largest absolute Gasteiger partial charge is 0.457 e. The zero-order chi connectivity index (χ0) is 26.5. The number of carbonyl (C=O) groups is 1. The molecule has 3 N–H and O–H groups in total. The molecule has 0 atom stereocenters. The van der Waals surface area contributed by atoms with E-state index in [-0.39, 0.29) is 5.69 Å². The molecule has 2 amide bonds. The third-order valence-corrected chi connectivity index (χ3v) is 5.98. The van der Waals surface area contributed by atoms with Crippen molar-refractivity contribution in [2.45, 2.75) is 12.7 Å². The van der Waals surface area contributed by atoms with Crippen LogP contribution in [0.3, 0.4) is 0 Å². The molecule has 0 spiro atoms. The lowest BCUT2D eigenvalue weighted by atomic mass is 10.2. The maximum atomic E-state index is 12.7. The number of nitrogens with one attached hydrogen (secondary N) is 3. The van der Waals surface area contributed by atoms with Crippen LogP contribution in [-0.2, 0) is 12.7 Å². The first kappa shape index (κ1) is 25.4. The van der Waals surface area contributed by atoms with Crippen LogP contribution in [0, 0.1) is 0 Å². The molecule has 1 fully saturated rings. The average Bonchev–Trinajstić information content (AvgIpc) is 2.90. The van der Waals surface area contributed by atoms with Crippen LogP contribution in [0.15, 0.2) is 72.9 Å². The minimum atomic E-state index is -4.43. The van der Waals surface area contributed by atoms with E-state index in [0.29, 0.717) is 17.2 Å². The van der Waals surface area contributed by atoms with Crippen molar-refractivity contribution in [3.8, 4) is 11.5 Å². The fraction of sp³-hybridized carbons (Fsp3) is 0.222. The summed E-state index contributed by atoms with van der Waals surface area (Å²) >= 11 is 0. The quantitative estimate of drug-likeness (QED) is 0.310. The molecule has 0 aliphatic carbocycles. The number of fused-ring (bicyclic) bond motifs is 1. The number of aromatic nitrogens is 2. The number of hydrogen-bond acceptors (Lipinski definition) is 6. The van der Waals surface area contributed by atoms with Crippen LogP contribution in [0.1, 0.15) is 11.3 Å². The lowest BCUT2D eigenvalue weighted by molar-refractivity contribution is -0.137. The number of ether oxygens (including phenoxy) is 1. The molecule has 0 unspecified atom stereocenters. The van der Waals surface area contributed by atoms with E-state index in [1.165, 1.54) is 12.1 Å². The van der Waals surface area contributed by atoms with Crippen molar-refractivity contribution in [3.63, 3.8) is 0 Å². The van der Waals surface area contributed by atoms with Gasteiger partial charge in [0, 0.05) is 50.2 Å². The van der Waals surface area contributed by atoms with Crippen molar-refractivity contribution in [1.82, 2.24) is 20.2 Å². The number of anilines is 2. The van der Waals surface area contributed by atoms with Crippen LogP contribution in [0.25, 0.3) is 11.0 Å². The maximum Gasteiger partial charge on any atom is 0.416 e. The van der Waals surface area contributed by atoms with E-state index in [9.17, 15) is 18.0 Å². The van der Waals surface area contributed by atoms with Gasteiger partial charge in [-0.15, -0.1) is 0 Å². The van der Waals surface area contributed by atoms with Crippen molar-refractivity contribution in [1.29, 1.82) is 0 Å². The highest BCUT2D eigenvalue weighted by molar-refractivity contribution is 5.99. The molecule has 0 radical (unpaired) electrons. The molecule has 1 aliphatic rings. The first-order chi connectivity index (χ1) is 18.3. The molecule has 2 heterocycles. The zero-order valence-electron chi connectivity index (χ0n) is 20.3. The molecule has 11 heteroatoms. The molecular weight excluding hydrogens is 497 g/mol. The number of nitrogens with zero attached hydrogens (tertiary/aromatic N) is 3. The standard InChI is InChI=1S/C27H25F3N6O2/c28-27(29,30)18-1-3-19(4-2-18)34-26(37)35-20-5-7-22(8-6-20)38-23-9-10-24-25(15-23)33-21(16-32-24)17-36-13-11-31-12-14-36/h1-10,15-16,31H,11-14,17H2,(H2,34,35,37). The van der Waals surface area contributed by atoms with Crippen LogP contribution in [-0.4, -0.2) is 47.1 Å². The molecule has 1 aromatic heterocycles. The topological polar surface area (TPSA) is 91.4 Å². The second kappa shape index (κ2) is 11.0. The Balaban J connectivity index is 1.18. The molecule has 3 aromatic carbocycles. The Morgan fingerprint density at radius 2 is 1.53 bits per heavy atom. The van der Waals surface area contributed by atoms with Crippen molar-refractivity contribution >= 4 is 28.4 Å². The molecule has 0 saturated carbocycles. The number of alkyl halides is 3. The van der Waals surface area contributed by atoms with Gasteiger partial charge in [0.2, 0.25) is 0 Å². The van der Waals surface area contributed by atoms with E-state index in [2.05, 4.69) is 25.8 Å². The predicted molar refractivity (Wildman–Crippen MR) is 138 cm³/mol. The number of hydrogen-bond donors (Lipinski definition) is 3. The molecule has 196 valence electrons. The van der Waals surface area contributed by atoms with E-state index in [4.69, 9.17) is 9.72 Å². The summed E-state index contributed by atoms with van der Waals surface area (Å²) in [6.45, 7) is 4.64. The van der Waals surface area contributed by atoms with Crippen molar-refractivity contribution in [2.75, 3.05) is 36.8 Å². The van der Waals surface area contributed by atoms with Gasteiger partial charge in [0.15, 0.2) is 0 Å². The summed E-state index contributed by atoms with van der Waals surface area (Å²) in [6, 6.07) is 15.9. The molecule has 1 saturated heterocycles. The second-order valence-corrected chi connectivity index (χ2v) is 8.82. The SMILES string of the molecule is O=C(Nc1ccc(Oc2ccc3ncc(CN4CCNCC4)nc3c2)cc1)Nc1ccc(C(F)(F)F)cc1. The minimum absolute atomic E-state index is 0.242. The minimum Gasteiger partial charge on any atom is -0.457 e. The number of urea groups is 1. The van der Waals surface area contributed by atoms with E-state index < -0.39 is 17.8 Å². The fourth-order valence-corrected chi connectivity index (χ4v) is 4.05. The number of rotatable bonds is 6. The summed E-state index contributed by atoms with van der Waals surface area (Å²) in [7, 11) is 0. The summed E-state index contributed by atoms with van der Waals surface area (Å²) < 4.78 is 44.0. The van der Waals surface area contributed by atoms with Gasteiger partial charge in [0.25, 0.3) is 0 Å².